The Morgan fingerprint density at radius 2 is 2.06 bits per heavy atom. The molecule has 3 nitrogen and oxygen atoms in total. The maximum absolute atomic E-state index is 11.0. The predicted molar refractivity (Wildman–Crippen MR) is 71.3 cm³/mol. The lowest BCUT2D eigenvalue weighted by molar-refractivity contribution is -0.139. The molecule has 2 aromatic carbocycles. The number of hydrogen-bond acceptors (Lipinski definition) is 3. The van der Waals surface area contributed by atoms with Crippen molar-refractivity contribution < 1.29 is 14.6 Å². The lowest BCUT2D eigenvalue weighted by atomic mass is 10.0. The van der Waals surface area contributed by atoms with E-state index in [2.05, 4.69) is 4.74 Å². The molecule has 0 spiro atoms. The second kappa shape index (κ2) is 5.36. The summed E-state index contributed by atoms with van der Waals surface area (Å²) in [5.41, 5.74) is 0.719. The van der Waals surface area contributed by atoms with Gasteiger partial charge in [-0.05, 0) is 16.8 Å². The van der Waals surface area contributed by atoms with Crippen molar-refractivity contribution in [2.24, 2.45) is 0 Å². The van der Waals surface area contributed by atoms with Crippen LogP contribution < -0.4 is 0 Å². The van der Waals surface area contributed by atoms with E-state index in [-0.39, 0.29) is 18.1 Å². The van der Waals surface area contributed by atoms with Crippen molar-refractivity contribution in [3.63, 3.8) is 0 Å². The number of esters is 1. The first-order valence-electron chi connectivity index (χ1n) is 5.66. The molecule has 18 heavy (non-hydrogen) atoms. The van der Waals surface area contributed by atoms with Crippen LogP contribution in [-0.4, -0.2) is 18.2 Å². The topological polar surface area (TPSA) is 46.5 Å². The van der Waals surface area contributed by atoms with Gasteiger partial charge in [0.05, 0.1) is 13.5 Å². The molecule has 2 rings (SSSR count). The van der Waals surface area contributed by atoms with Crippen molar-refractivity contribution in [2.45, 2.75) is 6.42 Å². The third kappa shape index (κ3) is 2.51. The Balaban J connectivity index is 2.37. The molecular formula is C15H14O3. The maximum atomic E-state index is 11.0. The minimum atomic E-state index is -0.300. The van der Waals surface area contributed by atoms with Crippen molar-refractivity contribution in [2.75, 3.05) is 7.11 Å². The number of rotatable bonds is 3. The molecule has 0 unspecified atom stereocenters. The van der Waals surface area contributed by atoms with Crippen molar-refractivity contribution in [1.29, 1.82) is 0 Å². The highest BCUT2D eigenvalue weighted by Gasteiger charge is 2.03. The number of carbonyl (C=O) groups excluding carboxylic acids is 1. The Labute approximate surface area is 105 Å². The van der Waals surface area contributed by atoms with Gasteiger partial charge < -0.3 is 9.84 Å². The number of phenolic OH excluding ortho intramolecular Hbond substituents is 1. The van der Waals surface area contributed by atoms with E-state index in [9.17, 15) is 9.90 Å². The summed E-state index contributed by atoms with van der Waals surface area (Å²) in [6, 6.07) is 11.3. The fourth-order valence-corrected chi connectivity index (χ4v) is 1.82. The zero-order chi connectivity index (χ0) is 13.0. The van der Waals surface area contributed by atoms with Gasteiger partial charge in [-0.2, -0.15) is 0 Å². The smallest absolute Gasteiger partial charge is 0.309 e. The summed E-state index contributed by atoms with van der Waals surface area (Å²) in [6.07, 6.45) is 3.63. The van der Waals surface area contributed by atoms with E-state index in [0.717, 1.165) is 16.3 Å². The van der Waals surface area contributed by atoms with E-state index in [1.54, 1.807) is 18.2 Å². The first-order valence-corrected chi connectivity index (χ1v) is 5.66. The third-order valence-electron chi connectivity index (χ3n) is 2.74. The van der Waals surface area contributed by atoms with Crippen molar-refractivity contribution in [1.82, 2.24) is 0 Å². The minimum absolute atomic E-state index is 0.194. The average molecular weight is 242 g/mol. The summed E-state index contributed by atoms with van der Waals surface area (Å²) in [4.78, 5) is 11.0. The lowest BCUT2D eigenvalue weighted by Gasteiger charge is -2.04. The molecule has 0 aromatic heterocycles. The number of phenols is 1. The Kier molecular flexibility index (Phi) is 3.63. The van der Waals surface area contributed by atoms with E-state index < -0.39 is 0 Å². The molecule has 0 heterocycles. The summed E-state index contributed by atoms with van der Waals surface area (Å²) >= 11 is 0. The number of aromatic hydroxyl groups is 1. The number of fused-ring (bicyclic) bond motifs is 1. The van der Waals surface area contributed by atoms with Gasteiger partial charge in [-0.1, -0.05) is 42.5 Å². The van der Waals surface area contributed by atoms with Gasteiger partial charge in [0.1, 0.15) is 5.75 Å². The highest BCUT2D eigenvalue weighted by molar-refractivity contribution is 5.93. The SMILES string of the molecule is COC(=O)CC=Cc1c(O)ccc2ccccc12. The summed E-state index contributed by atoms with van der Waals surface area (Å²) in [5.74, 6) is -0.0965. The van der Waals surface area contributed by atoms with Crippen LogP contribution in [0.15, 0.2) is 42.5 Å². The maximum Gasteiger partial charge on any atom is 0.309 e. The van der Waals surface area contributed by atoms with E-state index in [1.165, 1.54) is 7.11 Å². The van der Waals surface area contributed by atoms with Crippen LogP contribution in [0.1, 0.15) is 12.0 Å². The van der Waals surface area contributed by atoms with Gasteiger partial charge in [0, 0.05) is 5.56 Å². The van der Waals surface area contributed by atoms with E-state index in [0.29, 0.717) is 0 Å². The Bertz CT molecular complexity index is 600. The van der Waals surface area contributed by atoms with Crippen LogP contribution in [0.4, 0.5) is 0 Å². The molecule has 92 valence electrons. The number of hydrogen-bond donors (Lipinski definition) is 1. The summed E-state index contributed by atoms with van der Waals surface area (Å²) in [7, 11) is 1.35. The molecule has 0 atom stereocenters. The van der Waals surface area contributed by atoms with Gasteiger partial charge in [-0.15, -0.1) is 0 Å². The molecule has 0 radical (unpaired) electrons. The zero-order valence-electron chi connectivity index (χ0n) is 10.1. The van der Waals surface area contributed by atoms with E-state index in [1.807, 2.05) is 30.3 Å². The van der Waals surface area contributed by atoms with Crippen LogP contribution in [0.3, 0.4) is 0 Å². The Morgan fingerprint density at radius 3 is 2.83 bits per heavy atom. The van der Waals surface area contributed by atoms with Gasteiger partial charge in [0.25, 0.3) is 0 Å². The van der Waals surface area contributed by atoms with Crippen molar-refractivity contribution in [3.05, 3.63) is 48.0 Å². The fraction of sp³-hybridized carbons (Fsp3) is 0.133. The molecule has 0 fully saturated rings. The number of ether oxygens (including phenoxy) is 1. The predicted octanol–water partition coefficient (Wildman–Crippen LogP) is 3.12. The van der Waals surface area contributed by atoms with E-state index >= 15 is 0 Å². The third-order valence-corrected chi connectivity index (χ3v) is 2.74. The highest BCUT2D eigenvalue weighted by Crippen LogP contribution is 2.28. The molecule has 3 heteroatoms. The molecule has 0 bridgehead atoms. The summed E-state index contributed by atoms with van der Waals surface area (Å²) in [5, 5.41) is 11.9. The molecule has 0 saturated carbocycles. The minimum Gasteiger partial charge on any atom is -0.507 e. The second-order valence-electron chi connectivity index (χ2n) is 3.90. The molecule has 0 aliphatic carbocycles. The van der Waals surface area contributed by atoms with E-state index in [4.69, 9.17) is 0 Å². The lowest BCUT2D eigenvalue weighted by Crippen LogP contribution is -1.96. The van der Waals surface area contributed by atoms with Gasteiger partial charge in [0.2, 0.25) is 0 Å². The molecule has 1 N–H and O–H groups in total. The van der Waals surface area contributed by atoms with Crippen molar-refractivity contribution in [3.8, 4) is 5.75 Å². The number of carbonyl (C=O) groups is 1. The molecule has 0 aliphatic heterocycles. The highest BCUT2D eigenvalue weighted by atomic mass is 16.5. The van der Waals surface area contributed by atoms with Crippen LogP contribution in [-0.2, 0) is 9.53 Å². The summed E-state index contributed by atoms with van der Waals surface area (Å²) in [6.45, 7) is 0. The molecule has 0 saturated heterocycles. The Morgan fingerprint density at radius 1 is 1.28 bits per heavy atom. The molecular weight excluding hydrogens is 228 g/mol. The summed E-state index contributed by atoms with van der Waals surface area (Å²) < 4.78 is 4.55. The number of benzene rings is 2. The van der Waals surface area contributed by atoms with Gasteiger partial charge in [-0.25, -0.2) is 0 Å². The average Bonchev–Trinajstić information content (AvgIpc) is 2.41. The van der Waals surface area contributed by atoms with Crippen LogP contribution >= 0.6 is 0 Å². The zero-order valence-corrected chi connectivity index (χ0v) is 10.1. The fourth-order valence-electron chi connectivity index (χ4n) is 1.82. The number of methoxy groups -OCH3 is 1. The monoisotopic (exact) mass is 242 g/mol. The largest absolute Gasteiger partial charge is 0.507 e. The Hall–Kier alpha value is -2.29. The van der Waals surface area contributed by atoms with Crippen LogP contribution in [0.25, 0.3) is 16.8 Å². The van der Waals surface area contributed by atoms with Crippen molar-refractivity contribution >= 4 is 22.8 Å². The van der Waals surface area contributed by atoms with Crippen LogP contribution in [0.2, 0.25) is 0 Å². The standard InChI is InChI=1S/C15H14O3/c1-18-15(17)8-4-7-13-12-6-3-2-5-11(12)9-10-14(13)16/h2-7,9-10,16H,8H2,1H3. The van der Waals surface area contributed by atoms with Gasteiger partial charge in [0.15, 0.2) is 0 Å². The second-order valence-corrected chi connectivity index (χ2v) is 3.90. The van der Waals surface area contributed by atoms with Crippen LogP contribution in [0.5, 0.6) is 5.75 Å². The molecule has 0 aliphatic rings. The first-order chi connectivity index (χ1) is 8.72. The quantitative estimate of drug-likeness (QED) is 0.841. The van der Waals surface area contributed by atoms with Gasteiger partial charge in [-0.3, -0.25) is 4.79 Å². The molecule has 2 aromatic rings. The van der Waals surface area contributed by atoms with Crippen LogP contribution in [0, 0.1) is 0 Å². The first kappa shape index (κ1) is 12.2. The van der Waals surface area contributed by atoms with Gasteiger partial charge >= 0.3 is 5.97 Å². The molecule has 0 amide bonds. The normalized spacial score (nSPS) is 10.9.